The number of nitrogens with two attached hydrogens (primary N) is 1. The number of nitrogens with zero attached hydrogens (tertiary/aromatic N) is 1. The highest BCUT2D eigenvalue weighted by molar-refractivity contribution is 7.88. The normalized spacial score (nSPS) is 30.6. The van der Waals surface area contributed by atoms with Gasteiger partial charge < -0.3 is 15.4 Å². The van der Waals surface area contributed by atoms with E-state index in [0.29, 0.717) is 26.2 Å². The SMILES string of the molecule is CS(=O)(=O)NCCC1CCCCN1C(=O)C1COCC1N. The van der Waals surface area contributed by atoms with Gasteiger partial charge in [0.25, 0.3) is 0 Å². The number of sulfonamides is 1. The average Bonchev–Trinajstić information content (AvgIpc) is 2.83. The fraction of sp³-hybridized carbons (Fsp3) is 0.923. The summed E-state index contributed by atoms with van der Waals surface area (Å²) >= 11 is 0. The monoisotopic (exact) mass is 319 g/mol. The molecule has 2 saturated heterocycles. The highest BCUT2D eigenvalue weighted by atomic mass is 32.2. The van der Waals surface area contributed by atoms with Gasteiger partial charge in [-0.2, -0.15) is 0 Å². The van der Waals surface area contributed by atoms with Crippen LogP contribution in [0.3, 0.4) is 0 Å². The number of rotatable bonds is 5. The smallest absolute Gasteiger partial charge is 0.229 e. The fourth-order valence-corrected chi connectivity index (χ4v) is 3.53. The number of amides is 1. The van der Waals surface area contributed by atoms with Crippen LogP contribution < -0.4 is 10.5 Å². The number of piperidine rings is 1. The summed E-state index contributed by atoms with van der Waals surface area (Å²) in [5, 5.41) is 0. The third-order valence-electron chi connectivity index (χ3n) is 4.19. The molecule has 1 amide bonds. The summed E-state index contributed by atoms with van der Waals surface area (Å²) in [4.78, 5) is 14.5. The van der Waals surface area contributed by atoms with E-state index in [0.717, 1.165) is 32.1 Å². The Kier molecular flexibility index (Phi) is 5.59. The molecule has 0 spiro atoms. The molecule has 0 bridgehead atoms. The van der Waals surface area contributed by atoms with E-state index < -0.39 is 10.0 Å². The fourth-order valence-electron chi connectivity index (χ4n) is 3.04. The van der Waals surface area contributed by atoms with E-state index in [2.05, 4.69) is 4.72 Å². The highest BCUT2D eigenvalue weighted by Gasteiger charge is 2.37. The maximum Gasteiger partial charge on any atom is 0.229 e. The molecule has 2 aliphatic heterocycles. The van der Waals surface area contributed by atoms with Crippen LogP contribution in [0.1, 0.15) is 25.7 Å². The number of hydrogen-bond acceptors (Lipinski definition) is 5. The van der Waals surface area contributed by atoms with Gasteiger partial charge in [-0.05, 0) is 25.7 Å². The van der Waals surface area contributed by atoms with Gasteiger partial charge in [-0.1, -0.05) is 0 Å². The predicted molar refractivity (Wildman–Crippen MR) is 79.1 cm³/mol. The second-order valence-corrected chi connectivity index (χ2v) is 7.78. The molecular weight excluding hydrogens is 294 g/mol. The van der Waals surface area contributed by atoms with Gasteiger partial charge in [0.2, 0.25) is 15.9 Å². The van der Waals surface area contributed by atoms with Crippen molar-refractivity contribution in [1.29, 1.82) is 0 Å². The minimum absolute atomic E-state index is 0.0593. The van der Waals surface area contributed by atoms with Crippen molar-refractivity contribution in [3.63, 3.8) is 0 Å². The Balaban J connectivity index is 1.93. The third-order valence-corrected chi connectivity index (χ3v) is 4.92. The van der Waals surface area contributed by atoms with Gasteiger partial charge in [0.05, 0.1) is 25.4 Å². The largest absolute Gasteiger partial charge is 0.379 e. The Labute approximate surface area is 126 Å². The molecule has 0 saturated carbocycles. The van der Waals surface area contributed by atoms with Crippen LogP contribution in [-0.4, -0.2) is 63.9 Å². The maximum atomic E-state index is 12.6. The van der Waals surface area contributed by atoms with Crippen LogP contribution in [0.4, 0.5) is 0 Å². The molecule has 0 aromatic carbocycles. The van der Waals surface area contributed by atoms with Crippen molar-refractivity contribution in [2.24, 2.45) is 11.7 Å². The van der Waals surface area contributed by atoms with Crippen molar-refractivity contribution in [2.75, 3.05) is 32.6 Å². The molecule has 122 valence electrons. The Morgan fingerprint density at radius 2 is 2.14 bits per heavy atom. The maximum absolute atomic E-state index is 12.6. The Hall–Kier alpha value is -0.700. The van der Waals surface area contributed by atoms with Crippen LogP contribution >= 0.6 is 0 Å². The van der Waals surface area contributed by atoms with Gasteiger partial charge in [-0.15, -0.1) is 0 Å². The number of ether oxygens (including phenoxy) is 1. The number of carbonyl (C=O) groups excluding carboxylic acids is 1. The van der Waals surface area contributed by atoms with E-state index in [1.807, 2.05) is 4.90 Å². The molecule has 2 heterocycles. The van der Waals surface area contributed by atoms with Gasteiger partial charge in [0, 0.05) is 25.2 Å². The minimum atomic E-state index is -3.18. The second-order valence-electron chi connectivity index (χ2n) is 5.94. The summed E-state index contributed by atoms with van der Waals surface area (Å²) in [5.41, 5.74) is 5.93. The lowest BCUT2D eigenvalue weighted by Gasteiger charge is -2.37. The van der Waals surface area contributed by atoms with Gasteiger partial charge >= 0.3 is 0 Å². The molecule has 0 radical (unpaired) electrons. The summed E-state index contributed by atoms with van der Waals surface area (Å²) in [6.07, 6.45) is 4.76. The molecule has 0 aliphatic carbocycles. The molecule has 2 rings (SSSR count). The van der Waals surface area contributed by atoms with E-state index in [1.54, 1.807) is 0 Å². The van der Waals surface area contributed by atoms with E-state index in [4.69, 9.17) is 10.5 Å². The standard InChI is InChI=1S/C13H25N3O4S/c1-21(18,19)15-6-5-10-4-2-3-7-16(10)13(17)11-8-20-9-12(11)14/h10-12,15H,2-9,14H2,1H3. The van der Waals surface area contributed by atoms with Crippen LogP contribution in [0.2, 0.25) is 0 Å². The lowest BCUT2D eigenvalue weighted by molar-refractivity contribution is -0.139. The zero-order chi connectivity index (χ0) is 15.5. The molecule has 3 N–H and O–H groups in total. The van der Waals surface area contributed by atoms with Gasteiger partial charge in [-0.25, -0.2) is 13.1 Å². The van der Waals surface area contributed by atoms with Crippen LogP contribution in [0.15, 0.2) is 0 Å². The van der Waals surface area contributed by atoms with Crippen molar-refractivity contribution < 1.29 is 17.9 Å². The van der Waals surface area contributed by atoms with Crippen molar-refractivity contribution in [3.8, 4) is 0 Å². The van der Waals surface area contributed by atoms with Crippen molar-refractivity contribution >= 4 is 15.9 Å². The summed E-state index contributed by atoms with van der Waals surface area (Å²) in [6, 6.07) is -0.137. The molecule has 2 aliphatic rings. The third kappa shape index (κ3) is 4.64. The molecule has 3 unspecified atom stereocenters. The van der Waals surface area contributed by atoms with Crippen LogP contribution in [0.5, 0.6) is 0 Å². The van der Waals surface area contributed by atoms with E-state index in [-0.39, 0.29) is 23.9 Å². The highest BCUT2D eigenvalue weighted by Crippen LogP contribution is 2.24. The van der Waals surface area contributed by atoms with Crippen molar-refractivity contribution in [2.45, 2.75) is 37.8 Å². The molecule has 21 heavy (non-hydrogen) atoms. The van der Waals surface area contributed by atoms with Crippen molar-refractivity contribution in [3.05, 3.63) is 0 Å². The predicted octanol–water partition coefficient (Wildman–Crippen LogP) is -0.719. The first-order chi connectivity index (χ1) is 9.88. The van der Waals surface area contributed by atoms with E-state index in [1.165, 1.54) is 0 Å². The summed E-state index contributed by atoms with van der Waals surface area (Å²) in [6.45, 7) is 1.92. The van der Waals surface area contributed by atoms with E-state index >= 15 is 0 Å². The Morgan fingerprint density at radius 1 is 1.38 bits per heavy atom. The molecule has 3 atom stereocenters. The van der Waals surface area contributed by atoms with Crippen LogP contribution in [-0.2, 0) is 19.6 Å². The zero-order valence-electron chi connectivity index (χ0n) is 12.5. The first-order valence-electron chi connectivity index (χ1n) is 7.47. The second kappa shape index (κ2) is 7.04. The topological polar surface area (TPSA) is 102 Å². The average molecular weight is 319 g/mol. The quantitative estimate of drug-likeness (QED) is 0.696. The first-order valence-corrected chi connectivity index (χ1v) is 9.36. The summed E-state index contributed by atoms with van der Waals surface area (Å²) in [5.74, 6) is -0.197. The lowest BCUT2D eigenvalue weighted by Crippen LogP contribution is -2.50. The van der Waals surface area contributed by atoms with Gasteiger partial charge in [0.15, 0.2) is 0 Å². The molecular formula is C13H25N3O4S. The number of likely N-dealkylation sites (tertiary alicyclic amines) is 1. The number of carbonyl (C=O) groups is 1. The lowest BCUT2D eigenvalue weighted by atomic mass is 9.95. The summed E-state index contributed by atoms with van der Waals surface area (Å²) in [7, 11) is -3.18. The van der Waals surface area contributed by atoms with Crippen molar-refractivity contribution in [1.82, 2.24) is 9.62 Å². The summed E-state index contributed by atoms with van der Waals surface area (Å²) < 4.78 is 30.0. The van der Waals surface area contributed by atoms with Crippen LogP contribution in [0.25, 0.3) is 0 Å². The molecule has 0 aromatic heterocycles. The van der Waals surface area contributed by atoms with Crippen LogP contribution in [0, 0.1) is 5.92 Å². The Bertz CT molecular complexity index is 468. The zero-order valence-corrected chi connectivity index (χ0v) is 13.3. The number of hydrogen-bond donors (Lipinski definition) is 2. The van der Waals surface area contributed by atoms with E-state index in [9.17, 15) is 13.2 Å². The Morgan fingerprint density at radius 3 is 2.76 bits per heavy atom. The molecule has 2 fully saturated rings. The minimum Gasteiger partial charge on any atom is -0.379 e. The number of nitrogens with one attached hydrogen (secondary N) is 1. The van der Waals surface area contributed by atoms with Gasteiger partial charge in [0.1, 0.15) is 0 Å². The first kappa shape index (κ1) is 16.7. The molecule has 0 aromatic rings. The van der Waals surface area contributed by atoms with Gasteiger partial charge in [-0.3, -0.25) is 4.79 Å². The molecule has 8 heteroatoms. The molecule has 7 nitrogen and oxygen atoms in total.